The van der Waals surface area contributed by atoms with E-state index >= 15 is 0 Å². The number of anilines is 1. The third kappa shape index (κ3) is 3.01. The summed E-state index contributed by atoms with van der Waals surface area (Å²) in [5, 5.41) is 18.0. The summed E-state index contributed by atoms with van der Waals surface area (Å²) in [7, 11) is 1.44. The van der Waals surface area contributed by atoms with Crippen LogP contribution in [0.4, 0.5) is 14.6 Å². The Morgan fingerprint density at radius 3 is 2.67 bits per heavy atom. The highest BCUT2D eigenvalue weighted by molar-refractivity contribution is 5.92. The number of nitrogens with one attached hydrogen (secondary N) is 1. The van der Waals surface area contributed by atoms with E-state index < -0.39 is 11.9 Å². The molecule has 27 heavy (non-hydrogen) atoms. The monoisotopic (exact) mass is 380 g/mol. The number of nitrogens with two attached hydrogens (primary N) is 1. The zero-order valence-electron chi connectivity index (χ0n) is 15.0. The maximum Gasteiger partial charge on any atom is 0.303 e. The van der Waals surface area contributed by atoms with Crippen LogP contribution < -0.4 is 10.7 Å². The average Bonchev–Trinajstić information content (AvgIpc) is 3.03. The predicted octanol–water partition coefficient (Wildman–Crippen LogP) is 1.19. The van der Waals surface area contributed by atoms with Crippen molar-refractivity contribution in [3.63, 3.8) is 0 Å². The number of alkyl halides is 2. The molecule has 0 aromatic carbocycles. The smallest absolute Gasteiger partial charge is 0.303 e. The highest BCUT2D eigenvalue weighted by atomic mass is 19.3. The number of carboxylic acid groups (broad SMARTS) is 1. The first-order chi connectivity index (χ1) is 12.7. The van der Waals surface area contributed by atoms with Crippen LogP contribution in [-0.4, -0.2) is 52.0 Å². The van der Waals surface area contributed by atoms with Crippen LogP contribution in [0.5, 0.6) is 0 Å². The van der Waals surface area contributed by atoms with Crippen molar-refractivity contribution in [2.45, 2.75) is 31.6 Å². The molecule has 4 N–H and O–H groups in total. The van der Waals surface area contributed by atoms with E-state index in [1.807, 2.05) is 4.90 Å². The summed E-state index contributed by atoms with van der Waals surface area (Å²) >= 11 is 0. The number of hydrazine groups is 1. The van der Waals surface area contributed by atoms with Crippen LogP contribution in [0.2, 0.25) is 0 Å². The summed E-state index contributed by atoms with van der Waals surface area (Å²) in [6.45, 7) is 1.20. The largest absolute Gasteiger partial charge is 0.481 e. The number of aromatic nitrogens is 2. The highest BCUT2D eigenvalue weighted by Crippen LogP contribution is 2.55. The number of halogens is 2. The molecule has 2 aliphatic carbocycles. The second kappa shape index (κ2) is 6.08. The topological polar surface area (TPSA) is 119 Å². The van der Waals surface area contributed by atoms with Crippen LogP contribution in [0.3, 0.4) is 0 Å². The maximum atomic E-state index is 14.5. The third-order valence-electron chi connectivity index (χ3n) is 5.89. The Balaban J connectivity index is 1.68. The number of carbonyl (C=O) groups is 1. The van der Waals surface area contributed by atoms with Gasteiger partial charge in [-0.05, 0) is 30.6 Å². The molecule has 2 unspecified atom stereocenters. The van der Waals surface area contributed by atoms with Crippen LogP contribution in [0.15, 0.2) is 0 Å². The molecule has 1 aliphatic heterocycles. The van der Waals surface area contributed by atoms with Gasteiger partial charge >= 0.3 is 5.97 Å². The number of aliphatic carboxylic acids is 1. The molecule has 0 amide bonds. The molecule has 4 rings (SSSR count). The average molecular weight is 380 g/mol. The summed E-state index contributed by atoms with van der Waals surface area (Å²) in [4.78, 5) is 21.3. The van der Waals surface area contributed by atoms with Crippen LogP contribution in [0.25, 0.3) is 0 Å². The molecule has 0 bridgehead atoms. The maximum absolute atomic E-state index is 14.5. The van der Waals surface area contributed by atoms with Crippen LogP contribution in [-0.2, 0) is 17.1 Å². The fraction of sp³-hybridized carbons (Fsp3) is 0.647. The van der Waals surface area contributed by atoms with Gasteiger partial charge in [-0.1, -0.05) is 0 Å². The van der Waals surface area contributed by atoms with Crippen molar-refractivity contribution in [2.24, 2.45) is 23.6 Å². The minimum Gasteiger partial charge on any atom is -0.481 e. The first kappa shape index (κ1) is 18.0. The number of hydrogen-bond donors (Lipinski definition) is 3. The zero-order chi connectivity index (χ0) is 19.5. The van der Waals surface area contributed by atoms with Gasteiger partial charge in [0.15, 0.2) is 11.7 Å². The summed E-state index contributed by atoms with van der Waals surface area (Å²) < 4.78 is 29.0. The molecule has 146 valence electrons. The molecule has 2 fully saturated rings. The minimum absolute atomic E-state index is 0.113. The first-order valence-corrected chi connectivity index (χ1v) is 9.02. The van der Waals surface area contributed by atoms with E-state index in [9.17, 15) is 13.6 Å². The van der Waals surface area contributed by atoms with Gasteiger partial charge in [0.05, 0.1) is 0 Å². The second-order valence-corrected chi connectivity index (χ2v) is 7.71. The van der Waals surface area contributed by atoms with Crippen molar-refractivity contribution >= 4 is 17.6 Å². The summed E-state index contributed by atoms with van der Waals surface area (Å²) in [6, 6.07) is 0. The Bertz CT molecular complexity index is 803. The Hall–Kier alpha value is -2.36. The quantitative estimate of drug-likeness (QED) is 0.311. The number of rotatable bonds is 4. The van der Waals surface area contributed by atoms with Crippen LogP contribution in [0, 0.1) is 23.2 Å². The summed E-state index contributed by atoms with van der Waals surface area (Å²) in [5.74, 6) is 2.51. The van der Waals surface area contributed by atoms with E-state index in [1.165, 1.54) is 7.05 Å². The molecule has 0 radical (unpaired) electrons. The predicted molar refractivity (Wildman–Crippen MR) is 92.6 cm³/mol. The first-order valence-electron chi connectivity index (χ1n) is 9.02. The molecule has 3 aliphatic rings. The molecule has 8 nitrogen and oxygen atoms in total. The van der Waals surface area contributed by atoms with E-state index in [-0.39, 0.29) is 47.9 Å². The van der Waals surface area contributed by atoms with Crippen LogP contribution in [0.1, 0.15) is 36.3 Å². The van der Waals surface area contributed by atoms with Crippen molar-refractivity contribution in [1.29, 1.82) is 5.41 Å². The van der Waals surface area contributed by atoms with Gasteiger partial charge in [0.2, 0.25) is 0 Å². The van der Waals surface area contributed by atoms with Crippen LogP contribution >= 0.6 is 0 Å². The van der Waals surface area contributed by atoms with Crippen molar-refractivity contribution < 1.29 is 18.7 Å². The number of amidine groups is 1. The van der Waals surface area contributed by atoms with Gasteiger partial charge in [0.1, 0.15) is 11.5 Å². The fourth-order valence-electron chi connectivity index (χ4n) is 4.46. The Labute approximate surface area is 154 Å². The lowest BCUT2D eigenvalue weighted by molar-refractivity contribution is -0.137. The third-order valence-corrected chi connectivity index (χ3v) is 5.89. The van der Waals surface area contributed by atoms with Gasteiger partial charge in [0.25, 0.3) is 5.92 Å². The molecule has 0 spiro atoms. The number of piperidine rings is 1. The lowest BCUT2D eigenvalue weighted by Crippen LogP contribution is -2.37. The molecule has 1 aromatic heterocycles. The normalized spacial score (nSPS) is 27.7. The highest BCUT2D eigenvalue weighted by Gasteiger charge is 2.57. The number of fused-ring (bicyclic) bond motifs is 2. The van der Waals surface area contributed by atoms with E-state index in [4.69, 9.17) is 16.4 Å². The lowest BCUT2D eigenvalue weighted by Gasteiger charge is -2.30. The number of nitrogens with zero attached hydrogens (tertiary/aromatic N) is 4. The SMILES string of the molecule is CN(N)C(=N)c1nc(N2CC3C(CC(=O)O)C3C2)c2c(n1)C(F)(F)CCC2. The van der Waals surface area contributed by atoms with Gasteiger partial charge in [-0.2, -0.15) is 8.78 Å². The van der Waals surface area contributed by atoms with Crippen molar-refractivity contribution in [2.75, 3.05) is 25.0 Å². The lowest BCUT2D eigenvalue weighted by atomic mass is 9.92. The molecule has 1 saturated heterocycles. The molecular formula is C17H22F2N6O2. The van der Waals surface area contributed by atoms with Gasteiger partial charge in [-0.3, -0.25) is 15.2 Å². The van der Waals surface area contributed by atoms with E-state index in [0.717, 1.165) is 5.01 Å². The van der Waals surface area contributed by atoms with E-state index in [1.54, 1.807) is 0 Å². The molecule has 1 saturated carbocycles. The fourth-order valence-corrected chi connectivity index (χ4v) is 4.46. The molecule has 2 atom stereocenters. The number of hydrogen-bond acceptors (Lipinski definition) is 6. The minimum atomic E-state index is -3.05. The van der Waals surface area contributed by atoms with Crippen molar-refractivity contribution in [3.05, 3.63) is 17.1 Å². The Kier molecular flexibility index (Phi) is 4.06. The van der Waals surface area contributed by atoms with Gasteiger partial charge in [-0.25, -0.2) is 15.8 Å². The number of carboxylic acids is 1. The van der Waals surface area contributed by atoms with Crippen molar-refractivity contribution in [1.82, 2.24) is 15.0 Å². The standard InChI is InChI=1S/C17H22F2N6O2/c1-24(21)14(20)15-22-13-8(3-2-4-17(13,18)19)16(23-15)25-6-10-9(5-12(26)27)11(10)7-25/h9-11,20H,2-7,21H2,1H3,(H,26,27). The molecular weight excluding hydrogens is 358 g/mol. The van der Waals surface area contributed by atoms with Crippen molar-refractivity contribution in [3.8, 4) is 0 Å². The summed E-state index contributed by atoms with van der Waals surface area (Å²) in [5.41, 5.74) is 0.140. The Morgan fingerprint density at radius 1 is 1.41 bits per heavy atom. The molecule has 10 heteroatoms. The van der Waals surface area contributed by atoms with Gasteiger partial charge < -0.3 is 10.0 Å². The van der Waals surface area contributed by atoms with E-state index in [2.05, 4.69) is 9.97 Å². The molecule has 2 heterocycles. The zero-order valence-corrected chi connectivity index (χ0v) is 15.0. The van der Waals surface area contributed by atoms with Gasteiger partial charge in [0, 0.05) is 38.5 Å². The van der Waals surface area contributed by atoms with Gasteiger partial charge in [-0.15, -0.1) is 0 Å². The van der Waals surface area contributed by atoms with E-state index in [0.29, 0.717) is 37.3 Å². The molecule has 1 aromatic rings. The Morgan fingerprint density at radius 2 is 2.07 bits per heavy atom. The second-order valence-electron chi connectivity index (χ2n) is 7.71. The summed E-state index contributed by atoms with van der Waals surface area (Å²) in [6.07, 6.45) is 0.702.